The van der Waals surface area contributed by atoms with Crippen molar-refractivity contribution in [3.05, 3.63) is 34.9 Å². The van der Waals surface area contributed by atoms with Crippen LogP contribution in [0.3, 0.4) is 0 Å². The molecule has 104 valence electrons. The Hall–Kier alpha value is -0.900. The molecule has 0 spiro atoms. The minimum absolute atomic E-state index is 0.659. The summed E-state index contributed by atoms with van der Waals surface area (Å²) >= 11 is 0. The average Bonchev–Trinajstić information content (AvgIpc) is 2.47. The molecule has 0 bridgehead atoms. The standard InChI is InChI=1S/C16H25N3/c1-18-7-5-16(6-8-18)19-9-4-14-10-13(11-17)2-3-15(14)12-19/h2-3,10,16H,4-9,11-12,17H2,1H3. The second-order valence-electron chi connectivity index (χ2n) is 6.06. The summed E-state index contributed by atoms with van der Waals surface area (Å²) in [5.41, 5.74) is 10.0. The van der Waals surface area contributed by atoms with Gasteiger partial charge in [0, 0.05) is 25.7 Å². The van der Waals surface area contributed by atoms with Gasteiger partial charge in [-0.05, 0) is 56.1 Å². The van der Waals surface area contributed by atoms with Crippen molar-refractivity contribution in [1.29, 1.82) is 0 Å². The van der Waals surface area contributed by atoms with Gasteiger partial charge < -0.3 is 10.6 Å². The van der Waals surface area contributed by atoms with Crippen LogP contribution in [-0.4, -0.2) is 42.5 Å². The monoisotopic (exact) mass is 259 g/mol. The molecule has 0 aliphatic carbocycles. The third kappa shape index (κ3) is 2.83. The molecule has 3 rings (SSSR count). The van der Waals surface area contributed by atoms with Crippen molar-refractivity contribution in [3.8, 4) is 0 Å². The number of fused-ring (bicyclic) bond motifs is 1. The zero-order chi connectivity index (χ0) is 13.2. The molecule has 0 radical (unpaired) electrons. The summed E-state index contributed by atoms with van der Waals surface area (Å²) in [6, 6.07) is 7.58. The van der Waals surface area contributed by atoms with Gasteiger partial charge in [-0.3, -0.25) is 4.90 Å². The van der Waals surface area contributed by atoms with Gasteiger partial charge in [-0.2, -0.15) is 0 Å². The first-order valence-electron chi connectivity index (χ1n) is 7.49. The molecular weight excluding hydrogens is 234 g/mol. The smallest absolute Gasteiger partial charge is 0.0239 e. The molecule has 0 atom stereocenters. The quantitative estimate of drug-likeness (QED) is 0.875. The van der Waals surface area contributed by atoms with Crippen LogP contribution in [0.5, 0.6) is 0 Å². The molecule has 1 aromatic rings. The molecule has 2 aliphatic rings. The lowest BCUT2D eigenvalue weighted by atomic mass is 9.94. The van der Waals surface area contributed by atoms with Crippen LogP contribution >= 0.6 is 0 Å². The number of likely N-dealkylation sites (tertiary alicyclic amines) is 1. The lowest BCUT2D eigenvalue weighted by Crippen LogP contribution is -2.45. The maximum absolute atomic E-state index is 5.73. The molecule has 0 aromatic heterocycles. The second kappa shape index (κ2) is 5.61. The number of benzene rings is 1. The van der Waals surface area contributed by atoms with E-state index in [9.17, 15) is 0 Å². The first-order chi connectivity index (χ1) is 9.26. The van der Waals surface area contributed by atoms with Crippen molar-refractivity contribution in [2.75, 3.05) is 26.7 Å². The summed E-state index contributed by atoms with van der Waals surface area (Å²) < 4.78 is 0. The van der Waals surface area contributed by atoms with Gasteiger partial charge in [0.15, 0.2) is 0 Å². The summed E-state index contributed by atoms with van der Waals surface area (Å²) in [4.78, 5) is 5.14. The third-order valence-electron chi connectivity index (χ3n) is 4.75. The van der Waals surface area contributed by atoms with Crippen molar-refractivity contribution in [2.45, 2.75) is 38.4 Å². The van der Waals surface area contributed by atoms with E-state index in [0.29, 0.717) is 6.54 Å². The SMILES string of the molecule is CN1CCC(N2CCc3cc(CN)ccc3C2)CC1. The van der Waals surface area contributed by atoms with Gasteiger partial charge in [-0.25, -0.2) is 0 Å². The molecular formula is C16H25N3. The molecule has 0 amide bonds. The summed E-state index contributed by atoms with van der Waals surface area (Å²) in [6.45, 7) is 5.51. The van der Waals surface area contributed by atoms with Crippen LogP contribution in [0.4, 0.5) is 0 Å². The third-order valence-corrected chi connectivity index (χ3v) is 4.75. The largest absolute Gasteiger partial charge is 0.326 e. The fourth-order valence-corrected chi connectivity index (χ4v) is 3.43. The fraction of sp³-hybridized carbons (Fsp3) is 0.625. The van der Waals surface area contributed by atoms with Crippen LogP contribution in [0, 0.1) is 0 Å². The van der Waals surface area contributed by atoms with Gasteiger partial charge in [0.1, 0.15) is 0 Å². The summed E-state index contributed by atoms with van der Waals surface area (Å²) in [5.74, 6) is 0. The number of nitrogens with two attached hydrogens (primary N) is 1. The maximum Gasteiger partial charge on any atom is 0.0239 e. The number of nitrogens with zero attached hydrogens (tertiary/aromatic N) is 2. The molecule has 3 nitrogen and oxygen atoms in total. The summed E-state index contributed by atoms with van der Waals surface area (Å²) in [6.07, 6.45) is 3.84. The van der Waals surface area contributed by atoms with E-state index in [-0.39, 0.29) is 0 Å². The van der Waals surface area contributed by atoms with Gasteiger partial charge in [-0.15, -0.1) is 0 Å². The van der Waals surface area contributed by atoms with Crippen LogP contribution in [0.15, 0.2) is 18.2 Å². The summed E-state index contributed by atoms with van der Waals surface area (Å²) in [7, 11) is 2.23. The van der Waals surface area contributed by atoms with Gasteiger partial charge in [0.25, 0.3) is 0 Å². The van der Waals surface area contributed by atoms with Crippen molar-refractivity contribution in [3.63, 3.8) is 0 Å². The Morgan fingerprint density at radius 2 is 1.95 bits per heavy atom. The molecule has 2 aliphatic heterocycles. The van der Waals surface area contributed by atoms with E-state index >= 15 is 0 Å². The molecule has 2 heterocycles. The molecule has 1 aromatic carbocycles. The van der Waals surface area contributed by atoms with E-state index in [4.69, 9.17) is 5.73 Å². The maximum atomic E-state index is 5.73. The molecule has 3 heteroatoms. The first-order valence-corrected chi connectivity index (χ1v) is 7.49. The minimum atomic E-state index is 0.659. The lowest BCUT2D eigenvalue weighted by Gasteiger charge is -2.39. The Morgan fingerprint density at radius 1 is 1.16 bits per heavy atom. The van der Waals surface area contributed by atoms with E-state index in [2.05, 4.69) is 35.0 Å². The number of rotatable bonds is 2. The first kappa shape index (κ1) is 13.1. The molecule has 19 heavy (non-hydrogen) atoms. The highest BCUT2D eigenvalue weighted by Crippen LogP contribution is 2.25. The van der Waals surface area contributed by atoms with Crippen molar-refractivity contribution in [1.82, 2.24) is 9.80 Å². The zero-order valence-electron chi connectivity index (χ0n) is 11.9. The Morgan fingerprint density at radius 3 is 2.68 bits per heavy atom. The van der Waals surface area contributed by atoms with Gasteiger partial charge in [0.05, 0.1) is 0 Å². The predicted octanol–water partition coefficient (Wildman–Crippen LogP) is 1.60. The fourth-order valence-electron chi connectivity index (χ4n) is 3.43. The van der Waals surface area contributed by atoms with Crippen molar-refractivity contribution >= 4 is 0 Å². The lowest BCUT2D eigenvalue weighted by molar-refractivity contribution is 0.109. The second-order valence-corrected chi connectivity index (χ2v) is 6.06. The Bertz CT molecular complexity index is 436. The van der Waals surface area contributed by atoms with Crippen LogP contribution in [-0.2, 0) is 19.5 Å². The van der Waals surface area contributed by atoms with E-state index in [1.807, 2.05) is 0 Å². The van der Waals surface area contributed by atoms with E-state index in [1.165, 1.54) is 55.6 Å². The van der Waals surface area contributed by atoms with Gasteiger partial charge in [-0.1, -0.05) is 18.2 Å². The van der Waals surface area contributed by atoms with Gasteiger partial charge >= 0.3 is 0 Å². The highest BCUT2D eigenvalue weighted by atomic mass is 15.2. The van der Waals surface area contributed by atoms with Gasteiger partial charge in [0.2, 0.25) is 0 Å². The minimum Gasteiger partial charge on any atom is -0.326 e. The van der Waals surface area contributed by atoms with Crippen molar-refractivity contribution < 1.29 is 0 Å². The van der Waals surface area contributed by atoms with Crippen LogP contribution < -0.4 is 5.73 Å². The zero-order valence-corrected chi connectivity index (χ0v) is 11.9. The number of hydrogen-bond acceptors (Lipinski definition) is 3. The van der Waals surface area contributed by atoms with Crippen LogP contribution in [0.1, 0.15) is 29.5 Å². The highest BCUT2D eigenvalue weighted by molar-refractivity contribution is 5.33. The summed E-state index contributed by atoms with van der Waals surface area (Å²) in [5, 5.41) is 0. The highest BCUT2D eigenvalue weighted by Gasteiger charge is 2.26. The number of piperidine rings is 1. The average molecular weight is 259 g/mol. The molecule has 2 N–H and O–H groups in total. The van der Waals surface area contributed by atoms with Crippen LogP contribution in [0.2, 0.25) is 0 Å². The predicted molar refractivity (Wildman–Crippen MR) is 79.0 cm³/mol. The van der Waals surface area contributed by atoms with E-state index in [0.717, 1.165) is 12.6 Å². The van der Waals surface area contributed by atoms with Crippen LogP contribution in [0.25, 0.3) is 0 Å². The normalized spacial score (nSPS) is 22.4. The van der Waals surface area contributed by atoms with E-state index in [1.54, 1.807) is 0 Å². The molecule has 0 unspecified atom stereocenters. The number of hydrogen-bond donors (Lipinski definition) is 1. The Labute approximate surface area is 116 Å². The topological polar surface area (TPSA) is 32.5 Å². The molecule has 1 saturated heterocycles. The Kier molecular flexibility index (Phi) is 3.87. The molecule has 0 saturated carbocycles. The van der Waals surface area contributed by atoms with E-state index < -0.39 is 0 Å². The van der Waals surface area contributed by atoms with Crippen molar-refractivity contribution in [2.24, 2.45) is 5.73 Å². The molecule has 1 fully saturated rings. The Balaban J connectivity index is 1.68.